The molecular formula is C11H18O2. The van der Waals surface area contributed by atoms with E-state index in [-0.39, 0.29) is 12.4 Å². The molecule has 0 radical (unpaired) electrons. The molecule has 0 fully saturated rings. The third-order valence-electron chi connectivity index (χ3n) is 1.88. The van der Waals surface area contributed by atoms with Crippen LogP contribution in [0.4, 0.5) is 0 Å². The molecule has 0 N–H and O–H groups in total. The van der Waals surface area contributed by atoms with Gasteiger partial charge in [-0.3, -0.25) is 0 Å². The Morgan fingerprint density at radius 2 is 2.31 bits per heavy atom. The summed E-state index contributed by atoms with van der Waals surface area (Å²) in [5.41, 5.74) is -0.279. The van der Waals surface area contributed by atoms with Gasteiger partial charge in [0, 0.05) is 13.5 Å². The van der Waals surface area contributed by atoms with E-state index in [9.17, 15) is 0 Å². The highest BCUT2D eigenvalue weighted by Gasteiger charge is 2.22. The second kappa shape index (κ2) is 6.71. The molecule has 0 rings (SSSR count). The van der Waals surface area contributed by atoms with Crippen LogP contribution in [0.15, 0.2) is 12.7 Å². The van der Waals surface area contributed by atoms with Gasteiger partial charge in [-0.2, -0.15) is 0 Å². The zero-order valence-electron chi connectivity index (χ0n) is 8.51. The summed E-state index contributed by atoms with van der Waals surface area (Å²) >= 11 is 0. The van der Waals surface area contributed by atoms with Crippen LogP contribution >= 0.6 is 0 Å². The first kappa shape index (κ1) is 12.2. The van der Waals surface area contributed by atoms with Gasteiger partial charge < -0.3 is 9.47 Å². The molecule has 0 aromatic rings. The average molecular weight is 182 g/mol. The van der Waals surface area contributed by atoms with Crippen molar-refractivity contribution >= 4 is 0 Å². The van der Waals surface area contributed by atoms with Crippen LogP contribution in [0.1, 0.15) is 26.2 Å². The van der Waals surface area contributed by atoms with Crippen LogP contribution in [0.3, 0.4) is 0 Å². The first-order valence-corrected chi connectivity index (χ1v) is 4.36. The molecule has 0 aliphatic heterocycles. The molecule has 2 nitrogen and oxygen atoms in total. The van der Waals surface area contributed by atoms with Crippen molar-refractivity contribution in [2.45, 2.75) is 31.8 Å². The Morgan fingerprint density at radius 1 is 1.62 bits per heavy atom. The SMILES string of the molecule is C#CCC(C)(CCC=C)OCOC. The summed E-state index contributed by atoms with van der Waals surface area (Å²) in [6, 6.07) is 0. The number of hydrogen-bond acceptors (Lipinski definition) is 2. The van der Waals surface area contributed by atoms with Crippen molar-refractivity contribution in [2.24, 2.45) is 0 Å². The largest absolute Gasteiger partial charge is 0.359 e. The topological polar surface area (TPSA) is 18.5 Å². The maximum Gasteiger partial charge on any atom is 0.147 e. The Bertz CT molecular complexity index is 181. The van der Waals surface area contributed by atoms with Gasteiger partial charge in [0.05, 0.1) is 5.60 Å². The molecule has 1 atom stereocenters. The van der Waals surface area contributed by atoms with Crippen molar-refractivity contribution < 1.29 is 9.47 Å². The fraction of sp³-hybridized carbons (Fsp3) is 0.636. The highest BCUT2D eigenvalue weighted by molar-refractivity contribution is 4.94. The quantitative estimate of drug-likeness (QED) is 0.342. The van der Waals surface area contributed by atoms with E-state index in [4.69, 9.17) is 15.9 Å². The van der Waals surface area contributed by atoms with Gasteiger partial charge in [-0.15, -0.1) is 18.9 Å². The Labute approximate surface area is 80.9 Å². The highest BCUT2D eigenvalue weighted by Crippen LogP contribution is 2.21. The van der Waals surface area contributed by atoms with E-state index in [0.29, 0.717) is 6.42 Å². The number of ether oxygens (including phenoxy) is 2. The summed E-state index contributed by atoms with van der Waals surface area (Å²) in [6.07, 6.45) is 9.51. The lowest BCUT2D eigenvalue weighted by molar-refractivity contribution is -0.123. The molecule has 0 bridgehead atoms. The smallest absolute Gasteiger partial charge is 0.147 e. The fourth-order valence-electron chi connectivity index (χ4n) is 1.04. The lowest BCUT2D eigenvalue weighted by atomic mass is 9.96. The van der Waals surface area contributed by atoms with Crippen LogP contribution in [-0.2, 0) is 9.47 Å². The summed E-state index contributed by atoms with van der Waals surface area (Å²) in [5, 5.41) is 0. The maximum atomic E-state index is 5.51. The van der Waals surface area contributed by atoms with E-state index >= 15 is 0 Å². The third-order valence-corrected chi connectivity index (χ3v) is 1.88. The second-order valence-corrected chi connectivity index (χ2v) is 3.21. The first-order chi connectivity index (χ1) is 6.18. The maximum absolute atomic E-state index is 5.51. The van der Waals surface area contributed by atoms with Crippen molar-refractivity contribution in [1.82, 2.24) is 0 Å². The molecule has 0 amide bonds. The Balaban J connectivity index is 4.00. The van der Waals surface area contributed by atoms with Gasteiger partial charge in [0.1, 0.15) is 6.79 Å². The van der Waals surface area contributed by atoms with E-state index < -0.39 is 0 Å². The zero-order chi connectivity index (χ0) is 10.2. The molecule has 1 unspecified atom stereocenters. The van der Waals surface area contributed by atoms with Gasteiger partial charge in [-0.05, 0) is 19.8 Å². The summed E-state index contributed by atoms with van der Waals surface area (Å²) in [6.45, 7) is 5.95. The van der Waals surface area contributed by atoms with Gasteiger partial charge in [0.25, 0.3) is 0 Å². The zero-order valence-corrected chi connectivity index (χ0v) is 8.51. The normalized spacial score (nSPS) is 14.5. The van der Waals surface area contributed by atoms with Gasteiger partial charge in [0.2, 0.25) is 0 Å². The van der Waals surface area contributed by atoms with Crippen molar-refractivity contribution in [3.05, 3.63) is 12.7 Å². The van der Waals surface area contributed by atoms with Gasteiger partial charge in [0.15, 0.2) is 0 Å². The van der Waals surface area contributed by atoms with E-state index in [0.717, 1.165) is 12.8 Å². The number of methoxy groups -OCH3 is 1. The minimum Gasteiger partial charge on any atom is -0.359 e. The monoisotopic (exact) mass is 182 g/mol. The van der Waals surface area contributed by atoms with E-state index in [1.54, 1.807) is 7.11 Å². The van der Waals surface area contributed by atoms with Crippen LogP contribution < -0.4 is 0 Å². The number of allylic oxidation sites excluding steroid dienone is 1. The molecule has 0 aliphatic carbocycles. The lowest BCUT2D eigenvalue weighted by Gasteiger charge is -2.27. The van der Waals surface area contributed by atoms with Crippen LogP contribution in [0.2, 0.25) is 0 Å². The predicted molar refractivity (Wildman–Crippen MR) is 54.2 cm³/mol. The predicted octanol–water partition coefficient (Wildman–Crippen LogP) is 2.36. The van der Waals surface area contributed by atoms with Gasteiger partial charge >= 0.3 is 0 Å². The molecule has 0 saturated carbocycles. The molecule has 0 aliphatic rings. The average Bonchev–Trinajstić information content (AvgIpc) is 2.12. The van der Waals surface area contributed by atoms with Crippen LogP contribution in [0, 0.1) is 12.3 Å². The summed E-state index contributed by atoms with van der Waals surface area (Å²) in [7, 11) is 1.60. The third kappa shape index (κ3) is 5.46. The summed E-state index contributed by atoms with van der Waals surface area (Å²) in [4.78, 5) is 0. The number of rotatable bonds is 7. The molecule has 13 heavy (non-hydrogen) atoms. The number of hydrogen-bond donors (Lipinski definition) is 0. The van der Waals surface area contributed by atoms with E-state index in [1.807, 2.05) is 13.0 Å². The van der Waals surface area contributed by atoms with Crippen molar-refractivity contribution in [3.63, 3.8) is 0 Å². The van der Waals surface area contributed by atoms with Crippen molar-refractivity contribution in [1.29, 1.82) is 0 Å². The second-order valence-electron chi connectivity index (χ2n) is 3.21. The van der Waals surface area contributed by atoms with Crippen LogP contribution in [0.25, 0.3) is 0 Å². The highest BCUT2D eigenvalue weighted by atomic mass is 16.7. The lowest BCUT2D eigenvalue weighted by Crippen LogP contribution is -2.29. The summed E-state index contributed by atoms with van der Waals surface area (Å²) < 4.78 is 10.4. The molecule has 2 heteroatoms. The minimum absolute atomic E-state index is 0.279. The van der Waals surface area contributed by atoms with Crippen molar-refractivity contribution in [2.75, 3.05) is 13.9 Å². The van der Waals surface area contributed by atoms with Gasteiger partial charge in [-0.25, -0.2) is 0 Å². The molecule has 0 spiro atoms. The van der Waals surface area contributed by atoms with Crippen LogP contribution in [-0.4, -0.2) is 19.5 Å². The molecule has 0 saturated heterocycles. The Morgan fingerprint density at radius 3 is 2.77 bits per heavy atom. The Hall–Kier alpha value is -0.780. The van der Waals surface area contributed by atoms with Gasteiger partial charge in [-0.1, -0.05) is 6.08 Å². The summed E-state index contributed by atoms with van der Waals surface area (Å²) in [5.74, 6) is 2.61. The molecule has 74 valence electrons. The van der Waals surface area contributed by atoms with E-state index in [1.165, 1.54) is 0 Å². The minimum atomic E-state index is -0.279. The van der Waals surface area contributed by atoms with E-state index in [2.05, 4.69) is 12.5 Å². The van der Waals surface area contributed by atoms with Crippen molar-refractivity contribution in [3.8, 4) is 12.3 Å². The fourth-order valence-corrected chi connectivity index (χ4v) is 1.04. The standard InChI is InChI=1S/C11H18O2/c1-5-7-9-11(3,8-6-2)13-10-12-4/h2,5H,1,7-10H2,3-4H3. The molecule has 0 heterocycles. The van der Waals surface area contributed by atoms with Crippen LogP contribution in [0.5, 0.6) is 0 Å². The molecule has 0 aromatic carbocycles. The molecule has 0 aromatic heterocycles. The molecular weight excluding hydrogens is 164 g/mol. The first-order valence-electron chi connectivity index (χ1n) is 4.36. The Kier molecular flexibility index (Phi) is 6.30. The number of terminal acetylenes is 1.